The number of nitriles is 1. The molecule has 1 aliphatic rings. The molecule has 1 unspecified atom stereocenters. The molecule has 12 heteroatoms. The van der Waals surface area contributed by atoms with Crippen molar-refractivity contribution in [3.63, 3.8) is 0 Å². The van der Waals surface area contributed by atoms with Crippen molar-refractivity contribution in [1.82, 2.24) is 5.32 Å². The summed E-state index contributed by atoms with van der Waals surface area (Å²) in [6.45, 7) is 5.69. The van der Waals surface area contributed by atoms with Gasteiger partial charge >= 0.3 is 12.3 Å². The molecule has 0 bridgehead atoms. The highest BCUT2D eigenvalue weighted by Gasteiger charge is 2.36. The number of benzene rings is 1. The second kappa shape index (κ2) is 13.6. The molecule has 188 valence electrons. The monoisotopic (exact) mass is 489 g/mol. The van der Waals surface area contributed by atoms with Crippen molar-refractivity contribution in [3.8, 4) is 6.07 Å². The zero-order valence-corrected chi connectivity index (χ0v) is 19.7. The van der Waals surface area contributed by atoms with Crippen molar-refractivity contribution in [2.75, 3.05) is 26.4 Å². The number of dihydropyridines is 1. The molecule has 0 fully saturated rings. The first-order valence-corrected chi connectivity index (χ1v) is 10.8. The van der Waals surface area contributed by atoms with E-state index in [-0.39, 0.29) is 43.4 Å². The number of allylic oxidation sites excluding steroid dienone is 2. The van der Waals surface area contributed by atoms with Crippen LogP contribution in [0.5, 0.6) is 0 Å². The Morgan fingerprint density at radius 3 is 2.26 bits per heavy atom. The maximum Gasteiger partial charge on any atom is 0.513 e. The number of nitrogens with zero attached hydrogens (tertiary/aromatic N) is 2. The zero-order chi connectivity index (χ0) is 25.8. The number of ether oxygens (including phenoxy) is 5. The summed E-state index contributed by atoms with van der Waals surface area (Å²) in [7, 11) is 0. The number of rotatable bonds is 11. The minimum absolute atomic E-state index is 0.00661. The maximum atomic E-state index is 12.4. The fraction of sp³-hybridized carbons (Fsp3) is 0.435. The largest absolute Gasteiger partial charge is 0.513 e. The lowest BCUT2D eigenvalue weighted by atomic mass is 9.90. The highest BCUT2D eigenvalue weighted by molar-refractivity contribution is 5.65. The van der Waals surface area contributed by atoms with E-state index in [1.807, 2.05) is 13.0 Å². The van der Waals surface area contributed by atoms with E-state index >= 15 is 0 Å². The van der Waals surface area contributed by atoms with Gasteiger partial charge in [-0.05, 0) is 25.8 Å². The van der Waals surface area contributed by atoms with Crippen LogP contribution in [0.4, 0.5) is 15.3 Å². The van der Waals surface area contributed by atoms with Gasteiger partial charge in [-0.1, -0.05) is 19.1 Å². The maximum absolute atomic E-state index is 12.4. The molecule has 1 aliphatic heterocycles. The minimum Gasteiger partial charge on any atom is -0.433 e. The summed E-state index contributed by atoms with van der Waals surface area (Å²) in [5.41, 5.74) is 0.920. The standard InChI is InChI=1S/C23H27N3O9/c1-4-10-31-12-13-33-23(28)35-21-16(3)25-15(2)20(34-22(27)32-11-6-9-24)19(21)17-7-5-8-18(14-17)26(29)30/h5,7-8,14,19,25H,4,6,10-13H2,1-3H3. The fourth-order valence-electron chi connectivity index (χ4n) is 3.20. The highest BCUT2D eigenvalue weighted by Crippen LogP contribution is 2.40. The van der Waals surface area contributed by atoms with E-state index in [4.69, 9.17) is 28.9 Å². The summed E-state index contributed by atoms with van der Waals surface area (Å²) in [6.07, 6.45) is -1.31. The van der Waals surface area contributed by atoms with Crippen LogP contribution in [0.15, 0.2) is 47.2 Å². The van der Waals surface area contributed by atoms with Gasteiger partial charge in [0.1, 0.15) is 30.6 Å². The van der Waals surface area contributed by atoms with Crippen molar-refractivity contribution < 1.29 is 38.2 Å². The van der Waals surface area contributed by atoms with Crippen molar-refractivity contribution in [1.29, 1.82) is 5.26 Å². The molecular formula is C23H27N3O9. The third-order valence-electron chi connectivity index (χ3n) is 4.67. The van der Waals surface area contributed by atoms with Crippen molar-refractivity contribution >= 4 is 18.0 Å². The van der Waals surface area contributed by atoms with Crippen LogP contribution in [0, 0.1) is 21.4 Å². The van der Waals surface area contributed by atoms with E-state index < -0.39 is 23.2 Å². The topological polar surface area (TPSA) is 159 Å². The summed E-state index contributed by atoms with van der Waals surface area (Å²) in [5.74, 6) is -0.980. The molecule has 1 N–H and O–H groups in total. The van der Waals surface area contributed by atoms with Crippen LogP contribution in [0.3, 0.4) is 0 Å². The molecule has 0 spiro atoms. The highest BCUT2D eigenvalue weighted by atomic mass is 16.7. The van der Waals surface area contributed by atoms with Gasteiger partial charge in [0.25, 0.3) is 5.69 Å². The second-order valence-corrected chi connectivity index (χ2v) is 7.31. The molecule has 0 saturated carbocycles. The number of nitro benzene ring substituents is 1. The first-order chi connectivity index (χ1) is 16.8. The molecule has 35 heavy (non-hydrogen) atoms. The van der Waals surface area contributed by atoms with Crippen LogP contribution < -0.4 is 5.32 Å². The lowest BCUT2D eigenvalue weighted by Gasteiger charge is -2.30. The molecule has 1 aromatic rings. The van der Waals surface area contributed by atoms with E-state index in [0.717, 1.165) is 6.42 Å². The van der Waals surface area contributed by atoms with Crippen LogP contribution in [0.1, 0.15) is 45.1 Å². The zero-order valence-electron chi connectivity index (χ0n) is 19.7. The molecule has 1 atom stereocenters. The molecule has 0 aliphatic carbocycles. The summed E-state index contributed by atoms with van der Waals surface area (Å²) in [4.78, 5) is 35.4. The van der Waals surface area contributed by atoms with E-state index in [0.29, 0.717) is 23.6 Å². The Kier molecular flexibility index (Phi) is 10.5. The van der Waals surface area contributed by atoms with Crippen molar-refractivity contribution in [3.05, 3.63) is 62.9 Å². The number of non-ortho nitro benzene ring substituents is 1. The lowest BCUT2D eigenvalue weighted by Crippen LogP contribution is -2.29. The minimum atomic E-state index is -1.08. The van der Waals surface area contributed by atoms with Crippen LogP contribution in [0.25, 0.3) is 0 Å². The van der Waals surface area contributed by atoms with Crippen molar-refractivity contribution in [2.24, 2.45) is 0 Å². The van der Waals surface area contributed by atoms with Gasteiger partial charge in [0, 0.05) is 18.7 Å². The summed E-state index contributed by atoms with van der Waals surface area (Å²) < 4.78 is 26.1. The van der Waals surface area contributed by atoms with Gasteiger partial charge in [0.05, 0.1) is 35.4 Å². The Labute approximate surface area is 202 Å². The molecule has 0 saturated heterocycles. The Balaban J connectivity index is 2.34. The molecule has 12 nitrogen and oxygen atoms in total. The SMILES string of the molecule is CCCOCCOC(=O)OC1=C(C)NC(C)=C(OC(=O)OCCC#N)C1c1cccc([N+](=O)[O-])c1. The van der Waals surface area contributed by atoms with Gasteiger partial charge in [-0.25, -0.2) is 9.59 Å². The molecular weight excluding hydrogens is 462 g/mol. The molecule has 0 radical (unpaired) electrons. The predicted octanol–water partition coefficient (Wildman–Crippen LogP) is 4.39. The Morgan fingerprint density at radius 2 is 1.69 bits per heavy atom. The smallest absolute Gasteiger partial charge is 0.433 e. The number of hydrogen-bond donors (Lipinski definition) is 1. The molecule has 1 aromatic carbocycles. The third kappa shape index (κ3) is 8.01. The lowest BCUT2D eigenvalue weighted by molar-refractivity contribution is -0.384. The Morgan fingerprint density at radius 1 is 1.06 bits per heavy atom. The number of carbonyl (C=O) groups is 2. The van der Waals surface area contributed by atoms with E-state index in [2.05, 4.69) is 5.32 Å². The van der Waals surface area contributed by atoms with E-state index in [1.165, 1.54) is 18.2 Å². The summed E-state index contributed by atoms with van der Waals surface area (Å²) in [6, 6.07) is 7.46. The average molecular weight is 489 g/mol. The van der Waals surface area contributed by atoms with E-state index in [1.54, 1.807) is 19.9 Å². The predicted molar refractivity (Wildman–Crippen MR) is 121 cm³/mol. The quantitative estimate of drug-likeness (QED) is 0.203. The number of nitro groups is 1. The van der Waals surface area contributed by atoms with Gasteiger partial charge in [0.15, 0.2) is 0 Å². The molecule has 0 amide bonds. The number of carbonyl (C=O) groups excluding carboxylic acids is 2. The van der Waals surface area contributed by atoms with Gasteiger partial charge in [-0.15, -0.1) is 0 Å². The van der Waals surface area contributed by atoms with Gasteiger partial charge in [0.2, 0.25) is 0 Å². The Bertz CT molecular complexity index is 1040. The van der Waals surface area contributed by atoms with E-state index in [9.17, 15) is 19.7 Å². The first kappa shape index (κ1) is 27.1. The van der Waals surface area contributed by atoms with Gasteiger partial charge in [-0.3, -0.25) is 10.1 Å². The van der Waals surface area contributed by atoms with Crippen LogP contribution in [-0.2, 0) is 23.7 Å². The van der Waals surface area contributed by atoms with Gasteiger partial charge < -0.3 is 29.0 Å². The number of hydrogen-bond acceptors (Lipinski definition) is 11. The third-order valence-corrected chi connectivity index (χ3v) is 4.67. The fourth-order valence-corrected chi connectivity index (χ4v) is 3.20. The Hall–Kier alpha value is -4.11. The molecule has 0 aromatic heterocycles. The van der Waals surface area contributed by atoms with Crippen molar-refractivity contribution in [2.45, 2.75) is 39.5 Å². The summed E-state index contributed by atoms with van der Waals surface area (Å²) in [5, 5.41) is 22.9. The van der Waals surface area contributed by atoms with Crippen LogP contribution in [0.2, 0.25) is 0 Å². The second-order valence-electron chi connectivity index (χ2n) is 7.31. The van der Waals surface area contributed by atoms with Gasteiger partial charge in [-0.2, -0.15) is 5.26 Å². The summed E-state index contributed by atoms with van der Waals surface area (Å²) >= 11 is 0. The normalized spacial score (nSPS) is 15.1. The van der Waals surface area contributed by atoms with Crippen LogP contribution >= 0.6 is 0 Å². The number of nitrogens with one attached hydrogen (secondary N) is 1. The molecule has 1 heterocycles. The molecule has 2 rings (SSSR count). The first-order valence-electron chi connectivity index (χ1n) is 10.8. The average Bonchev–Trinajstić information content (AvgIpc) is 2.82. The van der Waals surface area contributed by atoms with Crippen LogP contribution in [-0.4, -0.2) is 43.7 Å².